The van der Waals surface area contributed by atoms with E-state index in [1.807, 2.05) is 6.92 Å². The van der Waals surface area contributed by atoms with E-state index in [4.69, 9.17) is 0 Å². The van der Waals surface area contributed by atoms with E-state index in [1.54, 1.807) is 0 Å². The molecule has 0 aromatic rings. The number of piperazine rings is 1. The van der Waals surface area contributed by atoms with Gasteiger partial charge in [-0.3, -0.25) is 9.59 Å². The molecule has 6 heteroatoms. The first-order chi connectivity index (χ1) is 12.6. The van der Waals surface area contributed by atoms with Crippen LogP contribution in [0.1, 0.15) is 39.5 Å². The standard InChI is InChI=1S/C20H36N4O2/c1-3-19(25)21-13-16-11-17-14-24(15-18(17)12-16)20(26)5-6-23-9-7-22(4-2)8-10-23/h16-18H,3-15H2,1-2H3,(H,21,25). The van der Waals surface area contributed by atoms with Crippen molar-refractivity contribution in [1.29, 1.82) is 0 Å². The molecule has 2 unspecified atom stereocenters. The minimum absolute atomic E-state index is 0.152. The molecule has 1 aliphatic carbocycles. The lowest BCUT2D eigenvalue weighted by Crippen LogP contribution is -2.47. The molecule has 2 heterocycles. The van der Waals surface area contributed by atoms with Crippen LogP contribution < -0.4 is 5.32 Å². The molecule has 2 saturated heterocycles. The summed E-state index contributed by atoms with van der Waals surface area (Å²) in [4.78, 5) is 31.0. The molecule has 148 valence electrons. The van der Waals surface area contributed by atoms with Gasteiger partial charge in [0.25, 0.3) is 0 Å². The summed E-state index contributed by atoms with van der Waals surface area (Å²) in [5.41, 5.74) is 0. The molecule has 0 spiro atoms. The largest absolute Gasteiger partial charge is 0.356 e. The summed E-state index contributed by atoms with van der Waals surface area (Å²) in [7, 11) is 0. The third kappa shape index (κ3) is 4.97. The van der Waals surface area contributed by atoms with Crippen molar-refractivity contribution in [2.24, 2.45) is 17.8 Å². The van der Waals surface area contributed by atoms with E-state index >= 15 is 0 Å². The Hall–Kier alpha value is -1.14. The Bertz CT molecular complexity index is 476. The number of hydrogen-bond acceptors (Lipinski definition) is 4. The summed E-state index contributed by atoms with van der Waals surface area (Å²) >= 11 is 0. The lowest BCUT2D eigenvalue weighted by molar-refractivity contribution is -0.131. The maximum absolute atomic E-state index is 12.6. The molecule has 0 aromatic carbocycles. The van der Waals surface area contributed by atoms with Crippen LogP contribution in [0.5, 0.6) is 0 Å². The van der Waals surface area contributed by atoms with Gasteiger partial charge in [-0.2, -0.15) is 0 Å². The highest BCUT2D eigenvalue weighted by Crippen LogP contribution is 2.41. The summed E-state index contributed by atoms with van der Waals surface area (Å²) < 4.78 is 0. The van der Waals surface area contributed by atoms with Crippen molar-refractivity contribution in [1.82, 2.24) is 20.0 Å². The van der Waals surface area contributed by atoms with E-state index in [0.29, 0.717) is 36.5 Å². The first kappa shape index (κ1) is 19.6. The molecule has 2 aliphatic heterocycles. The number of carbonyl (C=O) groups is 2. The van der Waals surface area contributed by atoms with E-state index in [1.165, 1.54) is 0 Å². The van der Waals surface area contributed by atoms with Crippen LogP contribution in [0.2, 0.25) is 0 Å². The average molecular weight is 365 g/mol. The van der Waals surface area contributed by atoms with Gasteiger partial charge in [-0.25, -0.2) is 0 Å². The van der Waals surface area contributed by atoms with Crippen molar-refractivity contribution in [3.63, 3.8) is 0 Å². The molecule has 0 bridgehead atoms. The highest BCUT2D eigenvalue weighted by molar-refractivity contribution is 5.77. The molecule has 0 aromatic heterocycles. The average Bonchev–Trinajstić information content (AvgIpc) is 3.23. The fourth-order valence-corrected chi connectivity index (χ4v) is 4.92. The third-order valence-corrected chi connectivity index (χ3v) is 6.66. The normalized spacial score (nSPS) is 29.8. The van der Waals surface area contributed by atoms with Gasteiger partial charge in [-0.15, -0.1) is 0 Å². The number of amides is 2. The number of fused-ring (bicyclic) bond motifs is 1. The van der Waals surface area contributed by atoms with Gasteiger partial charge in [0.05, 0.1) is 0 Å². The quantitative estimate of drug-likeness (QED) is 0.733. The van der Waals surface area contributed by atoms with Crippen LogP contribution in [-0.4, -0.2) is 85.4 Å². The predicted octanol–water partition coefficient (Wildman–Crippen LogP) is 1.02. The van der Waals surface area contributed by atoms with Crippen molar-refractivity contribution in [3.05, 3.63) is 0 Å². The van der Waals surface area contributed by atoms with Crippen LogP contribution in [0.25, 0.3) is 0 Å². The van der Waals surface area contributed by atoms with Crippen molar-refractivity contribution >= 4 is 11.8 Å². The lowest BCUT2D eigenvalue weighted by Gasteiger charge is -2.34. The molecule has 2 amide bonds. The van der Waals surface area contributed by atoms with Crippen LogP contribution in [0.3, 0.4) is 0 Å². The van der Waals surface area contributed by atoms with Crippen LogP contribution in [0.4, 0.5) is 0 Å². The second kappa shape index (κ2) is 9.18. The van der Waals surface area contributed by atoms with Gasteiger partial charge in [-0.05, 0) is 37.1 Å². The number of rotatable bonds is 7. The Balaban J connectivity index is 1.34. The number of likely N-dealkylation sites (N-methyl/N-ethyl adjacent to an activating group) is 1. The fraction of sp³-hybridized carbons (Fsp3) is 0.900. The van der Waals surface area contributed by atoms with Crippen LogP contribution in [0.15, 0.2) is 0 Å². The van der Waals surface area contributed by atoms with Crippen molar-refractivity contribution in [2.75, 3.05) is 58.9 Å². The Morgan fingerprint density at radius 1 is 0.962 bits per heavy atom. The topological polar surface area (TPSA) is 55.9 Å². The summed E-state index contributed by atoms with van der Waals surface area (Å²) in [6.45, 7) is 13.3. The summed E-state index contributed by atoms with van der Waals surface area (Å²) in [5, 5.41) is 3.03. The molecule has 3 fully saturated rings. The monoisotopic (exact) mass is 364 g/mol. The molecular weight excluding hydrogens is 328 g/mol. The first-order valence-electron chi connectivity index (χ1n) is 10.6. The predicted molar refractivity (Wildman–Crippen MR) is 103 cm³/mol. The van der Waals surface area contributed by atoms with E-state index < -0.39 is 0 Å². The Labute approximate surface area is 158 Å². The number of carbonyl (C=O) groups excluding carboxylic acids is 2. The second-order valence-corrected chi connectivity index (χ2v) is 8.34. The van der Waals surface area contributed by atoms with Gasteiger partial charge in [0.15, 0.2) is 0 Å². The van der Waals surface area contributed by atoms with Gasteiger partial charge in [0.1, 0.15) is 0 Å². The van der Waals surface area contributed by atoms with E-state index in [9.17, 15) is 9.59 Å². The van der Waals surface area contributed by atoms with Gasteiger partial charge >= 0.3 is 0 Å². The molecule has 3 rings (SSSR count). The van der Waals surface area contributed by atoms with Gasteiger partial charge in [-0.1, -0.05) is 13.8 Å². The van der Waals surface area contributed by atoms with Crippen LogP contribution in [-0.2, 0) is 9.59 Å². The van der Waals surface area contributed by atoms with Gasteiger partial charge < -0.3 is 20.0 Å². The summed E-state index contributed by atoms with van der Waals surface area (Å²) in [6, 6.07) is 0. The van der Waals surface area contributed by atoms with Crippen molar-refractivity contribution in [3.8, 4) is 0 Å². The number of hydrogen-bond donors (Lipinski definition) is 1. The van der Waals surface area contributed by atoms with E-state index in [2.05, 4.69) is 26.9 Å². The Morgan fingerprint density at radius 2 is 1.58 bits per heavy atom. The van der Waals surface area contributed by atoms with Crippen molar-refractivity contribution in [2.45, 2.75) is 39.5 Å². The molecule has 1 saturated carbocycles. The third-order valence-electron chi connectivity index (χ3n) is 6.66. The summed E-state index contributed by atoms with van der Waals surface area (Å²) in [5.74, 6) is 2.39. The minimum Gasteiger partial charge on any atom is -0.356 e. The summed E-state index contributed by atoms with van der Waals surface area (Å²) in [6.07, 6.45) is 3.56. The number of likely N-dealkylation sites (tertiary alicyclic amines) is 1. The van der Waals surface area contributed by atoms with Gasteiger partial charge in [0.2, 0.25) is 11.8 Å². The zero-order chi connectivity index (χ0) is 18.5. The van der Waals surface area contributed by atoms with E-state index in [-0.39, 0.29) is 5.91 Å². The fourth-order valence-electron chi connectivity index (χ4n) is 4.92. The maximum Gasteiger partial charge on any atom is 0.223 e. The smallest absolute Gasteiger partial charge is 0.223 e. The molecular formula is C20H36N4O2. The van der Waals surface area contributed by atoms with Crippen LogP contribution in [0, 0.1) is 17.8 Å². The van der Waals surface area contributed by atoms with E-state index in [0.717, 1.165) is 71.7 Å². The second-order valence-electron chi connectivity index (χ2n) is 8.34. The zero-order valence-electron chi connectivity index (χ0n) is 16.6. The number of nitrogens with one attached hydrogen (secondary N) is 1. The molecule has 6 nitrogen and oxygen atoms in total. The van der Waals surface area contributed by atoms with Gasteiger partial charge in [0, 0.05) is 65.2 Å². The molecule has 26 heavy (non-hydrogen) atoms. The zero-order valence-corrected chi connectivity index (χ0v) is 16.6. The van der Waals surface area contributed by atoms with Crippen molar-refractivity contribution < 1.29 is 9.59 Å². The number of nitrogens with zero attached hydrogens (tertiary/aromatic N) is 3. The van der Waals surface area contributed by atoms with Crippen LogP contribution >= 0.6 is 0 Å². The molecule has 2 atom stereocenters. The highest BCUT2D eigenvalue weighted by Gasteiger charge is 2.42. The molecule has 0 radical (unpaired) electrons. The SMILES string of the molecule is CCC(=O)NCC1CC2CN(C(=O)CCN3CCN(CC)CC3)CC2C1. The maximum atomic E-state index is 12.6. The Morgan fingerprint density at radius 3 is 2.15 bits per heavy atom. The minimum atomic E-state index is 0.152. The highest BCUT2D eigenvalue weighted by atomic mass is 16.2. The lowest BCUT2D eigenvalue weighted by atomic mass is 10.0. The molecule has 3 aliphatic rings. The first-order valence-corrected chi connectivity index (χ1v) is 10.6. The molecule has 1 N–H and O–H groups in total. The Kier molecular flexibility index (Phi) is 6.92.